The van der Waals surface area contributed by atoms with Crippen molar-refractivity contribution in [3.8, 4) is 0 Å². The zero-order valence-electron chi connectivity index (χ0n) is 7.82. The van der Waals surface area contributed by atoms with Crippen LogP contribution in [-0.4, -0.2) is 10.5 Å². The summed E-state index contributed by atoms with van der Waals surface area (Å²) in [7, 11) is -1.12. The van der Waals surface area contributed by atoms with E-state index in [9.17, 15) is 9.00 Å². The number of benzene rings is 1. The minimum Gasteiger partial charge on any atom is -0.303 e. The predicted molar refractivity (Wildman–Crippen MR) is 56.1 cm³/mol. The normalized spacial score (nSPS) is 19.6. The van der Waals surface area contributed by atoms with Crippen molar-refractivity contribution in [2.45, 2.75) is 18.2 Å². The van der Waals surface area contributed by atoms with E-state index < -0.39 is 10.8 Å². The van der Waals surface area contributed by atoms with Crippen LogP contribution in [0.4, 0.5) is 0 Å². The molecule has 0 N–H and O–H groups in total. The molecule has 1 heterocycles. The van der Waals surface area contributed by atoms with Crippen molar-refractivity contribution < 1.29 is 9.00 Å². The second-order valence-electron chi connectivity index (χ2n) is 3.18. The topological polar surface area (TPSA) is 34.1 Å². The van der Waals surface area contributed by atoms with E-state index in [0.29, 0.717) is 0 Å². The molecule has 0 saturated carbocycles. The van der Waals surface area contributed by atoms with Crippen molar-refractivity contribution in [2.24, 2.45) is 0 Å². The second kappa shape index (κ2) is 3.50. The first-order valence-electron chi connectivity index (χ1n) is 4.40. The Kier molecular flexibility index (Phi) is 2.33. The molecule has 1 aromatic rings. The highest BCUT2D eigenvalue weighted by Crippen LogP contribution is 2.36. The van der Waals surface area contributed by atoms with Crippen molar-refractivity contribution in [1.29, 1.82) is 0 Å². The maximum atomic E-state index is 11.9. The molecule has 0 fully saturated rings. The standard InChI is InChI=1S/C11H10O2S/c1-8-9-4-2-3-5-11(9)14(13)10(8)6-7-12/h2-5,7H,6H2,1H3. The van der Waals surface area contributed by atoms with Crippen molar-refractivity contribution in [2.75, 3.05) is 0 Å². The molecule has 0 aliphatic carbocycles. The van der Waals surface area contributed by atoms with E-state index >= 15 is 0 Å². The van der Waals surface area contributed by atoms with E-state index in [2.05, 4.69) is 0 Å². The molecule has 1 atom stereocenters. The Bertz CT molecular complexity index is 446. The summed E-state index contributed by atoms with van der Waals surface area (Å²) in [5.74, 6) is 0. The van der Waals surface area contributed by atoms with Gasteiger partial charge in [-0.1, -0.05) is 18.2 Å². The summed E-state index contributed by atoms with van der Waals surface area (Å²) in [5, 5.41) is 0. The van der Waals surface area contributed by atoms with E-state index in [0.717, 1.165) is 27.2 Å². The van der Waals surface area contributed by atoms with Gasteiger partial charge in [-0.15, -0.1) is 0 Å². The van der Waals surface area contributed by atoms with Crippen LogP contribution in [0.15, 0.2) is 34.1 Å². The fourth-order valence-corrected chi connectivity index (χ4v) is 3.16. The molecule has 1 unspecified atom stereocenters. The average Bonchev–Trinajstić information content (AvgIpc) is 2.45. The second-order valence-corrected chi connectivity index (χ2v) is 4.65. The van der Waals surface area contributed by atoms with Gasteiger partial charge in [0.05, 0.1) is 15.7 Å². The fraction of sp³-hybridized carbons (Fsp3) is 0.182. The monoisotopic (exact) mass is 206 g/mol. The number of fused-ring (bicyclic) bond motifs is 1. The lowest BCUT2D eigenvalue weighted by molar-refractivity contribution is -0.107. The smallest absolute Gasteiger partial charge is 0.125 e. The summed E-state index contributed by atoms with van der Waals surface area (Å²) in [6.07, 6.45) is 1.08. The fourth-order valence-electron chi connectivity index (χ4n) is 1.66. The third kappa shape index (κ3) is 1.24. The van der Waals surface area contributed by atoms with Crippen LogP contribution in [0, 0.1) is 0 Å². The van der Waals surface area contributed by atoms with Crippen molar-refractivity contribution in [1.82, 2.24) is 0 Å². The molecule has 0 amide bonds. The molecule has 1 aliphatic rings. The van der Waals surface area contributed by atoms with Gasteiger partial charge in [0.25, 0.3) is 0 Å². The van der Waals surface area contributed by atoms with Crippen molar-refractivity contribution >= 4 is 22.7 Å². The predicted octanol–water partition coefficient (Wildman–Crippen LogP) is 2.13. The molecular formula is C11H10O2S. The number of aldehydes is 1. The molecular weight excluding hydrogens is 196 g/mol. The number of hydrogen-bond acceptors (Lipinski definition) is 2. The van der Waals surface area contributed by atoms with Crippen LogP contribution in [0.2, 0.25) is 0 Å². The molecule has 2 nitrogen and oxygen atoms in total. The van der Waals surface area contributed by atoms with E-state index in [1.165, 1.54) is 0 Å². The van der Waals surface area contributed by atoms with Crippen LogP contribution in [0.25, 0.3) is 5.57 Å². The summed E-state index contributed by atoms with van der Waals surface area (Å²) in [6, 6.07) is 7.59. The first kappa shape index (κ1) is 9.34. The van der Waals surface area contributed by atoms with E-state index in [4.69, 9.17) is 0 Å². The third-order valence-corrected chi connectivity index (χ3v) is 4.08. The van der Waals surface area contributed by atoms with Crippen LogP contribution in [0.1, 0.15) is 18.9 Å². The molecule has 0 aromatic heterocycles. The van der Waals surface area contributed by atoms with Gasteiger partial charge in [0.2, 0.25) is 0 Å². The third-order valence-electron chi connectivity index (χ3n) is 2.40. The lowest BCUT2D eigenvalue weighted by Gasteiger charge is -1.96. The van der Waals surface area contributed by atoms with Gasteiger partial charge in [-0.3, -0.25) is 0 Å². The summed E-state index contributed by atoms with van der Waals surface area (Å²) < 4.78 is 11.9. The van der Waals surface area contributed by atoms with Gasteiger partial charge in [-0.05, 0) is 24.1 Å². The van der Waals surface area contributed by atoms with E-state index in [1.54, 1.807) is 0 Å². The number of carbonyl (C=O) groups excluding carboxylic acids is 1. The number of hydrogen-bond donors (Lipinski definition) is 0. The van der Waals surface area contributed by atoms with Gasteiger partial charge < -0.3 is 4.79 Å². The maximum absolute atomic E-state index is 11.9. The highest BCUT2D eigenvalue weighted by molar-refractivity contribution is 7.89. The Morgan fingerprint density at radius 2 is 2.07 bits per heavy atom. The lowest BCUT2D eigenvalue weighted by atomic mass is 10.1. The zero-order valence-corrected chi connectivity index (χ0v) is 8.64. The molecule has 0 saturated heterocycles. The maximum Gasteiger partial charge on any atom is 0.125 e. The van der Waals surface area contributed by atoms with Crippen molar-refractivity contribution in [3.63, 3.8) is 0 Å². The van der Waals surface area contributed by atoms with Crippen molar-refractivity contribution in [3.05, 3.63) is 34.7 Å². The van der Waals surface area contributed by atoms with Gasteiger partial charge in [-0.25, -0.2) is 4.21 Å². The molecule has 0 bridgehead atoms. The quantitative estimate of drug-likeness (QED) is 0.695. The van der Waals surface area contributed by atoms with Crippen LogP contribution in [0.3, 0.4) is 0 Å². The average molecular weight is 206 g/mol. The molecule has 0 spiro atoms. The first-order valence-corrected chi connectivity index (χ1v) is 5.55. The Balaban J connectivity index is 2.56. The first-order chi connectivity index (χ1) is 6.75. The van der Waals surface area contributed by atoms with Crippen LogP contribution in [-0.2, 0) is 15.6 Å². The summed E-state index contributed by atoms with van der Waals surface area (Å²) in [5.41, 5.74) is 2.01. The minimum absolute atomic E-state index is 0.271. The van der Waals surface area contributed by atoms with Gasteiger partial charge in [0.1, 0.15) is 6.29 Å². The summed E-state index contributed by atoms with van der Waals surface area (Å²) >= 11 is 0. The summed E-state index contributed by atoms with van der Waals surface area (Å²) in [6.45, 7) is 1.92. The molecule has 3 heteroatoms. The van der Waals surface area contributed by atoms with Crippen LogP contribution in [0.5, 0.6) is 0 Å². The SMILES string of the molecule is CC1=C(CC=O)S(=O)c2ccccc21. The number of allylic oxidation sites excluding steroid dienone is 2. The molecule has 1 aliphatic heterocycles. The van der Waals surface area contributed by atoms with E-state index in [-0.39, 0.29) is 6.42 Å². The van der Waals surface area contributed by atoms with Crippen LogP contribution >= 0.6 is 0 Å². The Labute approximate surface area is 85.1 Å². The zero-order chi connectivity index (χ0) is 10.1. The van der Waals surface area contributed by atoms with E-state index in [1.807, 2.05) is 31.2 Å². The molecule has 1 aromatic carbocycles. The number of carbonyl (C=O) groups is 1. The van der Waals surface area contributed by atoms with Gasteiger partial charge in [0, 0.05) is 11.3 Å². The molecule has 0 radical (unpaired) electrons. The Morgan fingerprint density at radius 3 is 2.71 bits per heavy atom. The molecule has 2 rings (SSSR count). The minimum atomic E-state index is -1.12. The van der Waals surface area contributed by atoms with Crippen LogP contribution < -0.4 is 0 Å². The molecule has 72 valence electrons. The molecule has 14 heavy (non-hydrogen) atoms. The highest BCUT2D eigenvalue weighted by atomic mass is 32.2. The lowest BCUT2D eigenvalue weighted by Crippen LogP contribution is -1.91. The largest absolute Gasteiger partial charge is 0.303 e. The van der Waals surface area contributed by atoms with Gasteiger partial charge in [0.15, 0.2) is 0 Å². The Morgan fingerprint density at radius 1 is 1.36 bits per heavy atom. The highest BCUT2D eigenvalue weighted by Gasteiger charge is 2.24. The number of rotatable bonds is 2. The van der Waals surface area contributed by atoms with Gasteiger partial charge >= 0.3 is 0 Å². The Hall–Kier alpha value is -1.22. The summed E-state index contributed by atoms with van der Waals surface area (Å²) in [4.78, 5) is 12.0. The van der Waals surface area contributed by atoms with Gasteiger partial charge in [-0.2, -0.15) is 0 Å².